The summed E-state index contributed by atoms with van der Waals surface area (Å²) in [6.45, 7) is 2.41. The molecule has 2 aliphatic rings. The highest BCUT2D eigenvalue weighted by molar-refractivity contribution is 5.95. The van der Waals surface area contributed by atoms with Crippen LogP contribution in [0.1, 0.15) is 41.6 Å². The van der Waals surface area contributed by atoms with Gasteiger partial charge in [0.05, 0.1) is 0 Å². The molecule has 8 heteroatoms. The van der Waals surface area contributed by atoms with Gasteiger partial charge < -0.3 is 19.7 Å². The number of benzene rings is 2. The van der Waals surface area contributed by atoms with Crippen LogP contribution < -0.4 is 14.8 Å². The summed E-state index contributed by atoms with van der Waals surface area (Å²) in [6, 6.07) is 8.82. The minimum atomic E-state index is -0.929. The molecule has 32 heavy (non-hydrogen) atoms. The first-order valence-electron chi connectivity index (χ1n) is 10.9. The number of nitrogens with one attached hydrogen (secondary N) is 1. The second-order valence-corrected chi connectivity index (χ2v) is 8.18. The number of amides is 2. The summed E-state index contributed by atoms with van der Waals surface area (Å²) in [5, 5.41) is 2.74. The number of fused-ring (bicyclic) bond motifs is 1. The molecule has 2 aliphatic heterocycles. The predicted octanol–water partition coefficient (Wildman–Crippen LogP) is 3.68. The second kappa shape index (κ2) is 9.97. The number of halogens is 2. The lowest BCUT2D eigenvalue weighted by Crippen LogP contribution is -2.40. The van der Waals surface area contributed by atoms with E-state index >= 15 is 0 Å². The smallest absolute Gasteiger partial charge is 0.254 e. The molecule has 6 nitrogen and oxygen atoms in total. The fourth-order valence-electron chi connectivity index (χ4n) is 4.12. The summed E-state index contributed by atoms with van der Waals surface area (Å²) < 4.78 is 37.3. The van der Waals surface area contributed by atoms with Gasteiger partial charge in [-0.3, -0.25) is 9.59 Å². The third kappa shape index (κ3) is 5.36. The van der Waals surface area contributed by atoms with Crippen LogP contribution in [-0.2, 0) is 11.3 Å². The quantitative estimate of drug-likeness (QED) is 0.738. The van der Waals surface area contributed by atoms with Gasteiger partial charge in [-0.15, -0.1) is 0 Å². The van der Waals surface area contributed by atoms with Gasteiger partial charge >= 0.3 is 0 Å². The van der Waals surface area contributed by atoms with Crippen molar-refractivity contribution in [1.29, 1.82) is 0 Å². The van der Waals surface area contributed by atoms with E-state index in [1.807, 2.05) is 4.90 Å². The molecule has 2 aromatic rings. The molecule has 1 fully saturated rings. The number of piperidine rings is 1. The van der Waals surface area contributed by atoms with Crippen LogP contribution in [0.4, 0.5) is 8.78 Å². The monoisotopic (exact) mass is 444 g/mol. The zero-order valence-electron chi connectivity index (χ0n) is 17.7. The van der Waals surface area contributed by atoms with Crippen LogP contribution in [0.5, 0.6) is 11.5 Å². The van der Waals surface area contributed by atoms with Gasteiger partial charge in [0.25, 0.3) is 5.91 Å². The average Bonchev–Trinajstić information content (AvgIpc) is 2.83. The lowest BCUT2D eigenvalue weighted by molar-refractivity contribution is -0.121. The van der Waals surface area contributed by atoms with E-state index in [4.69, 9.17) is 9.47 Å². The molecule has 0 spiro atoms. The fraction of sp³-hybridized carbons (Fsp3) is 0.417. The molecule has 0 aromatic heterocycles. The molecule has 0 radical (unpaired) electrons. The maximum Gasteiger partial charge on any atom is 0.254 e. The van der Waals surface area contributed by atoms with Crippen LogP contribution in [0.25, 0.3) is 0 Å². The van der Waals surface area contributed by atoms with Crippen molar-refractivity contribution in [3.8, 4) is 11.5 Å². The lowest BCUT2D eigenvalue weighted by atomic mass is 9.92. The molecule has 0 saturated carbocycles. The largest absolute Gasteiger partial charge is 0.486 e. The molecule has 0 aliphatic carbocycles. The topological polar surface area (TPSA) is 67.9 Å². The van der Waals surface area contributed by atoms with Crippen molar-refractivity contribution in [2.45, 2.75) is 32.2 Å². The minimum Gasteiger partial charge on any atom is -0.486 e. The average molecular weight is 444 g/mol. The summed E-state index contributed by atoms with van der Waals surface area (Å²) >= 11 is 0. The van der Waals surface area contributed by atoms with Crippen molar-refractivity contribution in [2.24, 2.45) is 5.92 Å². The Balaban J connectivity index is 1.26. The molecule has 2 heterocycles. The van der Waals surface area contributed by atoms with Crippen LogP contribution in [0, 0.1) is 17.6 Å². The highest BCUT2D eigenvalue weighted by Gasteiger charge is 2.26. The Morgan fingerprint density at radius 1 is 1.03 bits per heavy atom. The Bertz CT molecular complexity index is 998. The highest BCUT2D eigenvalue weighted by Crippen LogP contribution is 2.32. The van der Waals surface area contributed by atoms with Gasteiger partial charge in [-0.25, -0.2) is 8.78 Å². The summed E-state index contributed by atoms with van der Waals surface area (Å²) in [6.07, 6.45) is 2.83. The third-order valence-electron chi connectivity index (χ3n) is 5.85. The van der Waals surface area contributed by atoms with Crippen LogP contribution in [0.2, 0.25) is 0 Å². The SMILES string of the molecule is O=C(CC[C@H]1CCCN(C(=O)c2ccc3c(c2)OCCO3)C1)NCc1ccc(F)c(F)c1. The number of carbonyl (C=O) groups excluding carboxylic acids is 2. The number of carbonyl (C=O) groups is 2. The standard InChI is InChI=1S/C24H26F2N2O4/c25-19-6-3-17(12-20(19)26)14-27-23(29)8-4-16-2-1-9-28(15-16)24(30)18-5-7-21-22(13-18)32-11-10-31-21/h3,5-7,12-13,16H,1-2,4,8-11,14-15H2,(H,27,29)/t16-/m1/s1. The van der Waals surface area contributed by atoms with E-state index in [1.165, 1.54) is 6.07 Å². The first-order chi connectivity index (χ1) is 15.5. The maximum atomic E-state index is 13.3. The third-order valence-corrected chi connectivity index (χ3v) is 5.85. The molecular weight excluding hydrogens is 418 g/mol. The van der Waals surface area contributed by atoms with E-state index in [0.29, 0.717) is 61.8 Å². The summed E-state index contributed by atoms with van der Waals surface area (Å²) in [5.74, 6) is -0.556. The summed E-state index contributed by atoms with van der Waals surface area (Å²) in [4.78, 5) is 27.0. The molecule has 170 valence electrons. The number of likely N-dealkylation sites (tertiary alicyclic amines) is 1. The Morgan fingerprint density at radius 3 is 2.66 bits per heavy atom. The molecular formula is C24H26F2N2O4. The Hall–Kier alpha value is -3.16. The van der Waals surface area contributed by atoms with Crippen molar-refractivity contribution in [2.75, 3.05) is 26.3 Å². The molecule has 2 aromatic carbocycles. The van der Waals surface area contributed by atoms with Gasteiger partial charge in [-0.1, -0.05) is 6.07 Å². The van der Waals surface area contributed by atoms with E-state index in [1.54, 1.807) is 18.2 Å². The molecule has 2 amide bonds. The van der Waals surface area contributed by atoms with Crippen LogP contribution in [0.3, 0.4) is 0 Å². The van der Waals surface area contributed by atoms with Crippen molar-refractivity contribution >= 4 is 11.8 Å². The number of hydrogen-bond acceptors (Lipinski definition) is 4. The minimum absolute atomic E-state index is 0.0468. The fourth-order valence-corrected chi connectivity index (χ4v) is 4.12. The van der Waals surface area contributed by atoms with Gasteiger partial charge in [0.2, 0.25) is 5.91 Å². The first-order valence-corrected chi connectivity index (χ1v) is 10.9. The van der Waals surface area contributed by atoms with Crippen LogP contribution in [-0.4, -0.2) is 43.0 Å². The van der Waals surface area contributed by atoms with Crippen molar-refractivity contribution in [3.63, 3.8) is 0 Å². The predicted molar refractivity (Wildman–Crippen MR) is 113 cm³/mol. The Kier molecular flexibility index (Phi) is 6.87. The van der Waals surface area contributed by atoms with Crippen LogP contribution >= 0.6 is 0 Å². The van der Waals surface area contributed by atoms with Gasteiger partial charge in [-0.05, 0) is 61.1 Å². The molecule has 1 atom stereocenters. The van der Waals surface area contributed by atoms with E-state index in [-0.39, 0.29) is 24.3 Å². The maximum absolute atomic E-state index is 13.3. The van der Waals surface area contributed by atoms with E-state index in [2.05, 4.69) is 5.32 Å². The molecule has 0 unspecified atom stereocenters. The highest BCUT2D eigenvalue weighted by atomic mass is 19.2. The van der Waals surface area contributed by atoms with Gasteiger partial charge in [0.1, 0.15) is 13.2 Å². The Morgan fingerprint density at radius 2 is 1.84 bits per heavy atom. The number of nitrogens with zero attached hydrogens (tertiary/aromatic N) is 1. The summed E-state index contributed by atoms with van der Waals surface area (Å²) in [5.41, 5.74) is 1.07. The van der Waals surface area contributed by atoms with Gasteiger partial charge in [0, 0.05) is 31.6 Å². The van der Waals surface area contributed by atoms with E-state index in [9.17, 15) is 18.4 Å². The van der Waals surface area contributed by atoms with Crippen LogP contribution in [0.15, 0.2) is 36.4 Å². The molecule has 0 bridgehead atoms. The normalized spacial score (nSPS) is 17.7. The first kappa shape index (κ1) is 22.0. The van der Waals surface area contributed by atoms with Crippen molar-refractivity contribution in [3.05, 3.63) is 59.2 Å². The van der Waals surface area contributed by atoms with Crippen molar-refractivity contribution < 1.29 is 27.8 Å². The number of ether oxygens (including phenoxy) is 2. The van der Waals surface area contributed by atoms with E-state index in [0.717, 1.165) is 25.0 Å². The number of rotatable bonds is 6. The summed E-state index contributed by atoms with van der Waals surface area (Å²) in [7, 11) is 0. The lowest BCUT2D eigenvalue weighted by Gasteiger charge is -2.33. The van der Waals surface area contributed by atoms with Crippen molar-refractivity contribution in [1.82, 2.24) is 10.2 Å². The second-order valence-electron chi connectivity index (χ2n) is 8.18. The van der Waals surface area contributed by atoms with Gasteiger partial charge in [-0.2, -0.15) is 0 Å². The Labute approximate surface area is 185 Å². The van der Waals surface area contributed by atoms with Gasteiger partial charge in [0.15, 0.2) is 23.1 Å². The molecule has 1 saturated heterocycles. The zero-order chi connectivity index (χ0) is 22.5. The molecule has 1 N–H and O–H groups in total. The molecule has 4 rings (SSSR count). The number of hydrogen-bond donors (Lipinski definition) is 1. The zero-order valence-corrected chi connectivity index (χ0v) is 17.7. The van der Waals surface area contributed by atoms with E-state index < -0.39 is 11.6 Å².